The number of ether oxygens (including phenoxy) is 4. The molecular weight excluding hydrogens is 386 g/mol. The molecule has 0 aromatic heterocycles. The lowest BCUT2D eigenvalue weighted by Gasteiger charge is -2.38. The van der Waals surface area contributed by atoms with Gasteiger partial charge in [-0.15, -0.1) is 0 Å². The van der Waals surface area contributed by atoms with Gasteiger partial charge in [-0.1, -0.05) is 12.1 Å². The third-order valence-corrected chi connectivity index (χ3v) is 5.63. The highest BCUT2D eigenvalue weighted by molar-refractivity contribution is 5.70. The van der Waals surface area contributed by atoms with Gasteiger partial charge >= 0.3 is 5.97 Å². The SMILES string of the molecule is COc1ccc(C(c2ccc(OC)c(OC)c2OC)N2CCCC(C(=O)O)C2)cc1. The molecule has 2 aromatic rings. The van der Waals surface area contributed by atoms with Crippen LogP contribution >= 0.6 is 0 Å². The van der Waals surface area contributed by atoms with E-state index in [2.05, 4.69) is 4.90 Å². The molecule has 1 N–H and O–H groups in total. The first-order valence-electron chi connectivity index (χ1n) is 9.93. The minimum atomic E-state index is -0.757. The third kappa shape index (κ3) is 4.31. The fourth-order valence-electron chi connectivity index (χ4n) is 4.16. The molecule has 0 spiro atoms. The maximum atomic E-state index is 11.7. The number of hydrogen-bond donors (Lipinski definition) is 1. The number of likely N-dealkylation sites (tertiary alicyclic amines) is 1. The molecular formula is C23H29NO6. The van der Waals surface area contributed by atoms with Gasteiger partial charge in [0, 0.05) is 12.1 Å². The monoisotopic (exact) mass is 415 g/mol. The van der Waals surface area contributed by atoms with Crippen LogP contribution in [0.2, 0.25) is 0 Å². The molecule has 0 amide bonds. The highest BCUT2D eigenvalue weighted by atomic mass is 16.5. The molecule has 2 unspecified atom stereocenters. The zero-order valence-electron chi connectivity index (χ0n) is 17.9. The van der Waals surface area contributed by atoms with Crippen molar-refractivity contribution in [1.29, 1.82) is 0 Å². The molecule has 1 heterocycles. The summed E-state index contributed by atoms with van der Waals surface area (Å²) in [7, 11) is 6.39. The van der Waals surface area contributed by atoms with Crippen molar-refractivity contribution in [3.05, 3.63) is 47.5 Å². The standard InChI is InChI=1S/C23H29NO6/c1-27-17-9-7-15(8-10-17)20(24-13-5-6-16(14-24)23(25)26)18-11-12-19(28-2)22(30-4)21(18)29-3/h7-12,16,20H,5-6,13-14H2,1-4H3,(H,25,26). The Morgan fingerprint density at radius 3 is 2.23 bits per heavy atom. The van der Waals surface area contributed by atoms with E-state index >= 15 is 0 Å². The van der Waals surface area contributed by atoms with E-state index in [-0.39, 0.29) is 6.04 Å². The van der Waals surface area contributed by atoms with Crippen LogP contribution in [0.1, 0.15) is 30.0 Å². The van der Waals surface area contributed by atoms with Crippen LogP contribution in [0.25, 0.3) is 0 Å². The molecule has 7 nitrogen and oxygen atoms in total. The number of carboxylic acid groups (broad SMARTS) is 1. The van der Waals surface area contributed by atoms with Crippen LogP contribution in [0, 0.1) is 5.92 Å². The molecule has 2 atom stereocenters. The van der Waals surface area contributed by atoms with Gasteiger partial charge in [-0.3, -0.25) is 9.69 Å². The molecule has 1 aliphatic rings. The lowest BCUT2D eigenvalue weighted by atomic mass is 9.90. The Hall–Kier alpha value is -2.93. The van der Waals surface area contributed by atoms with Gasteiger partial charge in [0.05, 0.1) is 40.4 Å². The normalized spacial score (nSPS) is 17.8. The van der Waals surface area contributed by atoms with Gasteiger partial charge in [0.1, 0.15) is 5.75 Å². The molecule has 30 heavy (non-hydrogen) atoms. The summed E-state index contributed by atoms with van der Waals surface area (Å²) < 4.78 is 22.1. The Balaban J connectivity index is 2.13. The number of rotatable bonds is 8. The van der Waals surface area contributed by atoms with Crippen LogP contribution in [0.3, 0.4) is 0 Å². The van der Waals surface area contributed by atoms with Gasteiger partial charge in [0.2, 0.25) is 5.75 Å². The molecule has 1 saturated heterocycles. The Morgan fingerprint density at radius 1 is 0.967 bits per heavy atom. The van der Waals surface area contributed by atoms with Crippen LogP contribution in [0.5, 0.6) is 23.0 Å². The molecule has 0 radical (unpaired) electrons. The zero-order chi connectivity index (χ0) is 21.7. The molecule has 0 saturated carbocycles. The number of methoxy groups -OCH3 is 4. The summed E-state index contributed by atoms with van der Waals surface area (Å²) in [5, 5.41) is 9.59. The minimum Gasteiger partial charge on any atom is -0.497 e. The highest BCUT2D eigenvalue weighted by Crippen LogP contribution is 2.46. The second kappa shape index (κ2) is 9.71. The van der Waals surface area contributed by atoms with Crippen molar-refractivity contribution in [1.82, 2.24) is 4.90 Å². The number of carboxylic acids is 1. The fourth-order valence-corrected chi connectivity index (χ4v) is 4.16. The quantitative estimate of drug-likeness (QED) is 0.706. The van der Waals surface area contributed by atoms with Crippen molar-refractivity contribution in [2.45, 2.75) is 18.9 Å². The smallest absolute Gasteiger partial charge is 0.307 e. The Labute approximate surface area is 177 Å². The summed E-state index contributed by atoms with van der Waals surface area (Å²) in [5.74, 6) is 1.28. The largest absolute Gasteiger partial charge is 0.497 e. The van der Waals surface area contributed by atoms with Crippen LogP contribution < -0.4 is 18.9 Å². The summed E-state index contributed by atoms with van der Waals surface area (Å²) in [4.78, 5) is 13.9. The van der Waals surface area contributed by atoms with Crippen molar-refractivity contribution in [3.63, 3.8) is 0 Å². The van der Waals surface area contributed by atoms with Gasteiger partial charge in [-0.2, -0.15) is 0 Å². The van der Waals surface area contributed by atoms with Crippen LogP contribution in [0.4, 0.5) is 0 Å². The summed E-state index contributed by atoms with van der Waals surface area (Å²) in [6, 6.07) is 11.4. The van der Waals surface area contributed by atoms with Gasteiger partial charge < -0.3 is 24.1 Å². The zero-order valence-corrected chi connectivity index (χ0v) is 17.9. The van der Waals surface area contributed by atoms with Gasteiger partial charge in [0.25, 0.3) is 0 Å². The molecule has 3 rings (SSSR count). The average Bonchev–Trinajstić information content (AvgIpc) is 2.79. The molecule has 7 heteroatoms. The second-order valence-electron chi connectivity index (χ2n) is 7.27. The Morgan fingerprint density at radius 2 is 1.67 bits per heavy atom. The van der Waals surface area contributed by atoms with E-state index in [1.807, 2.05) is 36.4 Å². The number of aliphatic carboxylic acids is 1. The highest BCUT2D eigenvalue weighted by Gasteiger charge is 2.34. The van der Waals surface area contributed by atoms with Crippen molar-refractivity contribution in [2.75, 3.05) is 41.5 Å². The maximum Gasteiger partial charge on any atom is 0.307 e. The first kappa shape index (κ1) is 21.8. The van der Waals surface area contributed by atoms with E-state index in [0.29, 0.717) is 30.2 Å². The molecule has 0 bridgehead atoms. The van der Waals surface area contributed by atoms with Crippen molar-refractivity contribution in [2.24, 2.45) is 5.92 Å². The molecule has 2 aromatic carbocycles. The van der Waals surface area contributed by atoms with Crippen molar-refractivity contribution in [3.8, 4) is 23.0 Å². The summed E-state index contributed by atoms with van der Waals surface area (Å²) in [6.45, 7) is 1.25. The van der Waals surface area contributed by atoms with Gasteiger partial charge in [-0.05, 0) is 49.2 Å². The number of carbonyl (C=O) groups is 1. The number of nitrogens with zero attached hydrogens (tertiary/aromatic N) is 1. The summed E-state index contributed by atoms with van der Waals surface area (Å²) in [6.07, 6.45) is 1.50. The predicted octanol–water partition coefficient (Wildman–Crippen LogP) is 3.61. The number of hydrogen-bond acceptors (Lipinski definition) is 6. The molecule has 1 fully saturated rings. The lowest BCUT2D eigenvalue weighted by Crippen LogP contribution is -2.41. The van der Waals surface area contributed by atoms with Crippen LogP contribution in [0.15, 0.2) is 36.4 Å². The Kier molecular flexibility index (Phi) is 7.05. The van der Waals surface area contributed by atoms with Crippen LogP contribution in [-0.2, 0) is 4.79 Å². The Bertz CT molecular complexity index is 867. The molecule has 1 aliphatic heterocycles. The summed E-state index contributed by atoms with van der Waals surface area (Å²) >= 11 is 0. The predicted molar refractivity (Wildman–Crippen MR) is 113 cm³/mol. The number of piperidine rings is 1. The topological polar surface area (TPSA) is 77.5 Å². The second-order valence-corrected chi connectivity index (χ2v) is 7.27. The maximum absolute atomic E-state index is 11.7. The first-order chi connectivity index (χ1) is 14.5. The van der Waals surface area contributed by atoms with Gasteiger partial charge in [-0.25, -0.2) is 0 Å². The summed E-state index contributed by atoms with van der Waals surface area (Å²) in [5.41, 5.74) is 1.92. The van der Waals surface area contributed by atoms with Gasteiger partial charge in [0.15, 0.2) is 11.5 Å². The number of benzene rings is 2. The molecule has 162 valence electrons. The van der Waals surface area contributed by atoms with E-state index < -0.39 is 11.9 Å². The van der Waals surface area contributed by atoms with E-state index in [0.717, 1.165) is 29.8 Å². The van der Waals surface area contributed by atoms with E-state index in [1.165, 1.54) is 0 Å². The van der Waals surface area contributed by atoms with E-state index in [4.69, 9.17) is 18.9 Å². The average molecular weight is 415 g/mol. The first-order valence-corrected chi connectivity index (χ1v) is 9.93. The van der Waals surface area contributed by atoms with Crippen LogP contribution in [-0.4, -0.2) is 57.5 Å². The van der Waals surface area contributed by atoms with E-state index in [9.17, 15) is 9.90 Å². The van der Waals surface area contributed by atoms with Crippen molar-refractivity contribution >= 4 is 5.97 Å². The lowest BCUT2D eigenvalue weighted by molar-refractivity contribution is -0.143. The van der Waals surface area contributed by atoms with Crippen molar-refractivity contribution < 1.29 is 28.8 Å². The third-order valence-electron chi connectivity index (χ3n) is 5.63. The fraction of sp³-hybridized carbons (Fsp3) is 0.435. The molecule has 0 aliphatic carbocycles. The minimum absolute atomic E-state index is 0.201. The van der Waals surface area contributed by atoms with E-state index in [1.54, 1.807) is 28.4 Å².